The second-order valence-electron chi connectivity index (χ2n) is 4.74. The Morgan fingerprint density at radius 3 is 2.89 bits per heavy atom. The predicted molar refractivity (Wildman–Crippen MR) is 72.5 cm³/mol. The molecule has 1 aromatic heterocycles. The van der Waals surface area contributed by atoms with Crippen LogP contribution in [-0.4, -0.2) is 11.1 Å². The lowest BCUT2D eigenvalue weighted by atomic mass is 10.1. The molecule has 2 N–H and O–H groups in total. The Bertz CT molecular complexity index is 576. The number of anilines is 1. The first-order chi connectivity index (χ1) is 8.74. The largest absolute Gasteiger partial charge is 0.490 e. The van der Waals surface area contributed by atoms with Crippen molar-refractivity contribution in [2.24, 2.45) is 0 Å². The van der Waals surface area contributed by atoms with E-state index in [1.807, 2.05) is 37.3 Å². The van der Waals surface area contributed by atoms with Crippen molar-refractivity contribution in [1.82, 2.24) is 4.98 Å². The fourth-order valence-corrected chi connectivity index (χ4v) is 1.89. The van der Waals surface area contributed by atoms with Gasteiger partial charge in [-0.25, -0.2) is 0 Å². The number of rotatable bonds is 3. The van der Waals surface area contributed by atoms with Crippen molar-refractivity contribution in [3.63, 3.8) is 0 Å². The van der Waals surface area contributed by atoms with Gasteiger partial charge in [0.15, 0.2) is 0 Å². The molecule has 1 aliphatic carbocycles. The Morgan fingerprint density at radius 1 is 1.28 bits per heavy atom. The molecule has 0 atom stereocenters. The molecular formula is C15H16N2O. The number of aryl methyl sites for hydroxylation is 1. The first-order valence-corrected chi connectivity index (χ1v) is 6.22. The van der Waals surface area contributed by atoms with Gasteiger partial charge in [0.1, 0.15) is 5.75 Å². The van der Waals surface area contributed by atoms with Gasteiger partial charge in [-0.1, -0.05) is 12.1 Å². The highest BCUT2D eigenvalue weighted by molar-refractivity contribution is 5.75. The van der Waals surface area contributed by atoms with Crippen molar-refractivity contribution in [1.29, 1.82) is 0 Å². The Hall–Kier alpha value is -2.03. The number of pyridine rings is 1. The minimum Gasteiger partial charge on any atom is -0.490 e. The highest BCUT2D eigenvalue weighted by atomic mass is 16.5. The van der Waals surface area contributed by atoms with Crippen molar-refractivity contribution < 1.29 is 4.74 Å². The molecule has 0 bridgehead atoms. The van der Waals surface area contributed by atoms with Gasteiger partial charge >= 0.3 is 0 Å². The molecule has 1 fully saturated rings. The van der Waals surface area contributed by atoms with Crippen LogP contribution >= 0.6 is 0 Å². The summed E-state index contributed by atoms with van der Waals surface area (Å²) in [5.74, 6) is 0.901. The normalized spacial score (nSPS) is 14.5. The summed E-state index contributed by atoms with van der Waals surface area (Å²) in [5.41, 5.74) is 9.70. The van der Waals surface area contributed by atoms with Gasteiger partial charge in [0, 0.05) is 11.8 Å². The number of nitrogen functional groups attached to an aromatic ring is 1. The number of hydrogen-bond acceptors (Lipinski definition) is 3. The number of nitrogens with zero attached hydrogens (tertiary/aromatic N) is 1. The minimum atomic E-state index is 0.406. The monoisotopic (exact) mass is 240 g/mol. The molecule has 3 rings (SSSR count). The minimum absolute atomic E-state index is 0.406. The number of ether oxygens (including phenoxy) is 1. The van der Waals surface area contributed by atoms with Crippen molar-refractivity contribution in [3.05, 3.63) is 42.1 Å². The van der Waals surface area contributed by atoms with Crippen LogP contribution < -0.4 is 10.5 Å². The van der Waals surface area contributed by atoms with Crippen LogP contribution in [0.1, 0.15) is 18.4 Å². The van der Waals surface area contributed by atoms with Gasteiger partial charge in [-0.05, 0) is 43.5 Å². The molecule has 1 aromatic carbocycles. The second kappa shape index (κ2) is 4.33. The number of hydrogen-bond donors (Lipinski definition) is 1. The maximum atomic E-state index is 6.07. The Labute approximate surface area is 107 Å². The van der Waals surface area contributed by atoms with E-state index < -0.39 is 0 Å². The summed E-state index contributed by atoms with van der Waals surface area (Å²) in [6, 6.07) is 9.90. The summed E-state index contributed by atoms with van der Waals surface area (Å²) in [7, 11) is 0. The van der Waals surface area contributed by atoms with Crippen LogP contribution in [0.5, 0.6) is 5.75 Å². The van der Waals surface area contributed by atoms with Gasteiger partial charge < -0.3 is 10.5 Å². The molecule has 2 aromatic rings. The molecular weight excluding hydrogens is 224 g/mol. The van der Waals surface area contributed by atoms with Crippen molar-refractivity contribution in [2.45, 2.75) is 25.9 Å². The summed E-state index contributed by atoms with van der Waals surface area (Å²) in [4.78, 5) is 4.36. The van der Waals surface area contributed by atoms with Gasteiger partial charge in [0.2, 0.25) is 0 Å². The van der Waals surface area contributed by atoms with Crippen LogP contribution in [0.15, 0.2) is 36.5 Å². The average Bonchev–Trinajstić information content (AvgIpc) is 3.17. The Kier molecular flexibility index (Phi) is 2.67. The zero-order valence-corrected chi connectivity index (χ0v) is 10.4. The van der Waals surface area contributed by atoms with Crippen LogP contribution in [0.25, 0.3) is 11.3 Å². The van der Waals surface area contributed by atoms with Gasteiger partial charge in [0.25, 0.3) is 0 Å². The van der Waals surface area contributed by atoms with E-state index in [1.54, 1.807) is 6.20 Å². The molecule has 92 valence electrons. The summed E-state index contributed by atoms with van der Waals surface area (Å²) in [6.45, 7) is 1.99. The van der Waals surface area contributed by atoms with Gasteiger partial charge in [-0.3, -0.25) is 4.98 Å². The van der Waals surface area contributed by atoms with E-state index in [4.69, 9.17) is 10.5 Å². The first kappa shape index (κ1) is 11.1. The molecule has 0 saturated heterocycles. The topological polar surface area (TPSA) is 48.1 Å². The molecule has 0 amide bonds. The smallest absolute Gasteiger partial charge is 0.120 e. The molecule has 0 unspecified atom stereocenters. The summed E-state index contributed by atoms with van der Waals surface area (Å²) < 4.78 is 5.79. The molecule has 0 spiro atoms. The van der Waals surface area contributed by atoms with E-state index in [9.17, 15) is 0 Å². The zero-order chi connectivity index (χ0) is 12.5. The molecule has 1 heterocycles. The van der Waals surface area contributed by atoms with Gasteiger partial charge in [-0.2, -0.15) is 0 Å². The standard InChI is InChI=1S/C15H16N2O/c1-10-7-8-17-15(14(10)16)11-3-2-4-13(9-11)18-12-5-6-12/h2-4,7-9,12H,5-6,16H2,1H3. The van der Waals surface area contributed by atoms with Crippen molar-refractivity contribution >= 4 is 5.69 Å². The van der Waals surface area contributed by atoms with E-state index in [2.05, 4.69) is 4.98 Å². The highest BCUT2D eigenvalue weighted by Gasteiger charge is 2.23. The third-order valence-electron chi connectivity index (χ3n) is 3.14. The van der Waals surface area contributed by atoms with Crippen molar-refractivity contribution in [2.75, 3.05) is 5.73 Å². The fraction of sp³-hybridized carbons (Fsp3) is 0.267. The SMILES string of the molecule is Cc1ccnc(-c2cccc(OC3CC3)c2)c1N. The Balaban J connectivity index is 1.97. The van der Waals surface area contributed by atoms with E-state index in [0.29, 0.717) is 6.10 Å². The summed E-state index contributed by atoms with van der Waals surface area (Å²) >= 11 is 0. The molecule has 3 heteroatoms. The van der Waals surface area contributed by atoms with Crippen LogP contribution in [0.3, 0.4) is 0 Å². The van der Waals surface area contributed by atoms with Gasteiger partial charge in [-0.15, -0.1) is 0 Å². The molecule has 0 radical (unpaired) electrons. The van der Waals surface area contributed by atoms with Crippen LogP contribution in [-0.2, 0) is 0 Å². The first-order valence-electron chi connectivity index (χ1n) is 6.22. The average molecular weight is 240 g/mol. The number of aromatic nitrogens is 1. The van der Waals surface area contributed by atoms with Crippen LogP contribution in [0.4, 0.5) is 5.69 Å². The molecule has 1 saturated carbocycles. The van der Waals surface area contributed by atoms with Gasteiger partial charge in [0.05, 0.1) is 17.5 Å². The van der Waals surface area contributed by atoms with Crippen LogP contribution in [0.2, 0.25) is 0 Å². The molecule has 18 heavy (non-hydrogen) atoms. The zero-order valence-electron chi connectivity index (χ0n) is 10.4. The quantitative estimate of drug-likeness (QED) is 0.896. The van der Waals surface area contributed by atoms with E-state index in [1.165, 1.54) is 0 Å². The summed E-state index contributed by atoms with van der Waals surface area (Å²) in [5, 5.41) is 0. The lowest BCUT2D eigenvalue weighted by molar-refractivity contribution is 0.303. The summed E-state index contributed by atoms with van der Waals surface area (Å²) in [6.07, 6.45) is 4.52. The van der Waals surface area contributed by atoms with E-state index in [-0.39, 0.29) is 0 Å². The molecule has 0 aliphatic heterocycles. The molecule has 3 nitrogen and oxygen atoms in total. The predicted octanol–water partition coefficient (Wildman–Crippen LogP) is 3.18. The Morgan fingerprint density at radius 2 is 2.11 bits per heavy atom. The maximum Gasteiger partial charge on any atom is 0.120 e. The lowest BCUT2D eigenvalue weighted by Gasteiger charge is -2.09. The van der Waals surface area contributed by atoms with Crippen molar-refractivity contribution in [3.8, 4) is 17.0 Å². The van der Waals surface area contributed by atoms with E-state index >= 15 is 0 Å². The fourth-order valence-electron chi connectivity index (χ4n) is 1.89. The third kappa shape index (κ3) is 2.16. The molecule has 1 aliphatic rings. The second-order valence-corrected chi connectivity index (χ2v) is 4.74. The maximum absolute atomic E-state index is 6.07. The van der Waals surface area contributed by atoms with E-state index in [0.717, 1.165) is 41.1 Å². The number of benzene rings is 1. The third-order valence-corrected chi connectivity index (χ3v) is 3.14. The lowest BCUT2D eigenvalue weighted by Crippen LogP contribution is -1.98. The van der Waals surface area contributed by atoms with Crippen LogP contribution in [0, 0.1) is 6.92 Å². The number of nitrogens with two attached hydrogens (primary N) is 1. The highest BCUT2D eigenvalue weighted by Crippen LogP contribution is 2.31.